The smallest absolute Gasteiger partial charge is 0.308 e. The molecule has 15 heavy (non-hydrogen) atoms. The van der Waals surface area contributed by atoms with Crippen LogP contribution in [-0.2, 0) is 11.8 Å². The molecular formula is C10H15N3O2. The van der Waals surface area contributed by atoms with Gasteiger partial charge in [-0.15, -0.1) is 0 Å². The Kier molecular flexibility index (Phi) is 2.62. The predicted octanol–water partition coefficient (Wildman–Crippen LogP) is 0.721. The minimum atomic E-state index is -0.693. The zero-order chi connectivity index (χ0) is 10.8. The number of hydrogen-bond donors (Lipinski definition) is 1. The van der Waals surface area contributed by atoms with Gasteiger partial charge in [0.1, 0.15) is 5.82 Å². The maximum absolute atomic E-state index is 10.9. The summed E-state index contributed by atoms with van der Waals surface area (Å²) in [7, 11) is 1.87. The molecule has 1 aromatic rings. The van der Waals surface area contributed by atoms with Gasteiger partial charge in [-0.2, -0.15) is 5.10 Å². The van der Waals surface area contributed by atoms with E-state index in [-0.39, 0.29) is 5.92 Å². The lowest BCUT2D eigenvalue weighted by Crippen LogP contribution is -2.39. The van der Waals surface area contributed by atoms with Gasteiger partial charge in [0.2, 0.25) is 0 Å². The molecule has 0 saturated carbocycles. The van der Waals surface area contributed by atoms with Gasteiger partial charge in [0.25, 0.3) is 0 Å². The number of carboxylic acid groups (broad SMARTS) is 1. The number of aromatic nitrogens is 2. The van der Waals surface area contributed by atoms with Crippen LogP contribution >= 0.6 is 0 Å². The molecule has 1 aromatic heterocycles. The predicted molar refractivity (Wildman–Crippen MR) is 55.8 cm³/mol. The van der Waals surface area contributed by atoms with E-state index in [1.807, 2.05) is 13.1 Å². The fourth-order valence-electron chi connectivity index (χ4n) is 2.06. The van der Waals surface area contributed by atoms with Crippen LogP contribution in [-0.4, -0.2) is 33.9 Å². The number of carboxylic acids is 1. The molecule has 82 valence electrons. The molecule has 0 amide bonds. The van der Waals surface area contributed by atoms with E-state index in [4.69, 9.17) is 5.11 Å². The minimum Gasteiger partial charge on any atom is -0.481 e. The van der Waals surface area contributed by atoms with Crippen LogP contribution in [0.25, 0.3) is 0 Å². The first-order valence-corrected chi connectivity index (χ1v) is 5.14. The maximum Gasteiger partial charge on any atom is 0.308 e. The minimum absolute atomic E-state index is 0.242. The van der Waals surface area contributed by atoms with E-state index in [1.54, 1.807) is 10.9 Å². The quantitative estimate of drug-likeness (QED) is 0.779. The summed E-state index contributed by atoms with van der Waals surface area (Å²) in [5.41, 5.74) is 0. The highest BCUT2D eigenvalue weighted by Gasteiger charge is 2.26. The van der Waals surface area contributed by atoms with Crippen LogP contribution in [0.5, 0.6) is 0 Å². The average Bonchev–Trinajstić information content (AvgIpc) is 2.64. The fourth-order valence-corrected chi connectivity index (χ4v) is 2.06. The Hall–Kier alpha value is -1.52. The van der Waals surface area contributed by atoms with Crippen molar-refractivity contribution in [2.24, 2.45) is 13.0 Å². The summed E-state index contributed by atoms with van der Waals surface area (Å²) in [5.74, 6) is 0.0662. The Labute approximate surface area is 88.3 Å². The van der Waals surface area contributed by atoms with E-state index in [0.717, 1.165) is 25.2 Å². The van der Waals surface area contributed by atoms with Crippen molar-refractivity contribution in [2.45, 2.75) is 12.8 Å². The molecule has 1 atom stereocenters. The Bertz CT molecular complexity index is 361. The zero-order valence-corrected chi connectivity index (χ0v) is 8.76. The summed E-state index contributed by atoms with van der Waals surface area (Å²) in [6.45, 7) is 1.51. The molecule has 0 radical (unpaired) electrons. The van der Waals surface area contributed by atoms with E-state index < -0.39 is 5.97 Å². The van der Waals surface area contributed by atoms with Crippen molar-refractivity contribution < 1.29 is 9.90 Å². The molecule has 1 saturated heterocycles. The molecule has 0 bridgehead atoms. The molecule has 5 nitrogen and oxygen atoms in total. The molecule has 1 N–H and O–H groups in total. The number of piperidine rings is 1. The first-order chi connectivity index (χ1) is 7.18. The van der Waals surface area contributed by atoms with Crippen molar-refractivity contribution in [3.63, 3.8) is 0 Å². The van der Waals surface area contributed by atoms with Crippen LogP contribution in [0.4, 0.5) is 5.82 Å². The molecule has 1 aliphatic heterocycles. The molecule has 2 heterocycles. The lowest BCUT2D eigenvalue weighted by molar-refractivity contribution is -0.141. The summed E-state index contributed by atoms with van der Waals surface area (Å²) >= 11 is 0. The lowest BCUT2D eigenvalue weighted by atomic mass is 9.98. The number of hydrogen-bond acceptors (Lipinski definition) is 3. The molecule has 0 spiro atoms. The third-order valence-electron chi connectivity index (χ3n) is 2.89. The summed E-state index contributed by atoms with van der Waals surface area (Å²) in [6, 6.07) is 1.92. The first kappa shape index (κ1) is 10.0. The Balaban J connectivity index is 2.11. The highest BCUT2D eigenvalue weighted by Crippen LogP contribution is 2.22. The molecule has 1 aliphatic rings. The van der Waals surface area contributed by atoms with Gasteiger partial charge >= 0.3 is 5.97 Å². The van der Waals surface area contributed by atoms with Gasteiger partial charge in [-0.3, -0.25) is 9.48 Å². The monoisotopic (exact) mass is 209 g/mol. The van der Waals surface area contributed by atoms with Gasteiger partial charge in [-0.1, -0.05) is 0 Å². The fraction of sp³-hybridized carbons (Fsp3) is 0.600. The topological polar surface area (TPSA) is 58.4 Å². The summed E-state index contributed by atoms with van der Waals surface area (Å²) in [4.78, 5) is 13.0. The molecule has 0 aromatic carbocycles. The molecular weight excluding hydrogens is 194 g/mol. The Morgan fingerprint density at radius 2 is 2.47 bits per heavy atom. The van der Waals surface area contributed by atoms with E-state index in [9.17, 15) is 4.79 Å². The van der Waals surface area contributed by atoms with Crippen molar-refractivity contribution >= 4 is 11.8 Å². The van der Waals surface area contributed by atoms with Gasteiger partial charge in [0.05, 0.1) is 12.1 Å². The number of anilines is 1. The summed E-state index contributed by atoms with van der Waals surface area (Å²) in [5, 5.41) is 13.1. The highest BCUT2D eigenvalue weighted by atomic mass is 16.4. The second kappa shape index (κ2) is 3.92. The molecule has 1 fully saturated rings. The van der Waals surface area contributed by atoms with Gasteiger partial charge < -0.3 is 10.0 Å². The third kappa shape index (κ3) is 1.95. The van der Waals surface area contributed by atoms with Crippen LogP contribution < -0.4 is 4.90 Å². The van der Waals surface area contributed by atoms with Crippen LogP contribution in [0, 0.1) is 5.92 Å². The van der Waals surface area contributed by atoms with Crippen molar-refractivity contribution in [3.8, 4) is 0 Å². The molecule has 2 rings (SSSR count). The first-order valence-electron chi connectivity index (χ1n) is 5.14. The van der Waals surface area contributed by atoms with Crippen LogP contribution in [0.1, 0.15) is 12.8 Å². The summed E-state index contributed by atoms with van der Waals surface area (Å²) < 4.78 is 1.78. The zero-order valence-electron chi connectivity index (χ0n) is 8.76. The molecule has 0 aliphatic carbocycles. The standard InChI is InChI=1S/C10H15N3O2/c1-12-9(4-5-11-12)13-6-2-3-8(7-13)10(14)15/h4-5,8H,2-3,6-7H2,1H3,(H,14,15). The van der Waals surface area contributed by atoms with E-state index in [2.05, 4.69) is 10.00 Å². The number of nitrogens with zero attached hydrogens (tertiary/aromatic N) is 3. The van der Waals surface area contributed by atoms with Gasteiger partial charge in [0.15, 0.2) is 0 Å². The lowest BCUT2D eigenvalue weighted by Gasteiger charge is -2.31. The normalized spacial score (nSPS) is 21.7. The van der Waals surface area contributed by atoms with Gasteiger partial charge in [-0.25, -0.2) is 0 Å². The highest BCUT2D eigenvalue weighted by molar-refractivity contribution is 5.71. The van der Waals surface area contributed by atoms with Crippen molar-refractivity contribution in [1.29, 1.82) is 0 Å². The van der Waals surface area contributed by atoms with Crippen LogP contribution in [0.15, 0.2) is 12.3 Å². The second-order valence-corrected chi connectivity index (χ2v) is 3.94. The number of carbonyl (C=O) groups is 1. The summed E-state index contributed by atoms with van der Waals surface area (Å²) in [6.07, 6.45) is 3.45. The van der Waals surface area contributed by atoms with Crippen molar-refractivity contribution in [3.05, 3.63) is 12.3 Å². The number of aryl methyl sites for hydroxylation is 1. The van der Waals surface area contributed by atoms with Crippen LogP contribution in [0.3, 0.4) is 0 Å². The Morgan fingerprint density at radius 1 is 1.67 bits per heavy atom. The number of aliphatic carboxylic acids is 1. The Morgan fingerprint density at radius 3 is 3.07 bits per heavy atom. The largest absolute Gasteiger partial charge is 0.481 e. The number of rotatable bonds is 2. The van der Waals surface area contributed by atoms with E-state index >= 15 is 0 Å². The van der Waals surface area contributed by atoms with Crippen molar-refractivity contribution in [1.82, 2.24) is 9.78 Å². The third-order valence-corrected chi connectivity index (χ3v) is 2.89. The van der Waals surface area contributed by atoms with Crippen LogP contribution in [0.2, 0.25) is 0 Å². The average molecular weight is 209 g/mol. The van der Waals surface area contributed by atoms with Crippen molar-refractivity contribution in [2.75, 3.05) is 18.0 Å². The second-order valence-electron chi connectivity index (χ2n) is 3.94. The maximum atomic E-state index is 10.9. The molecule has 1 unspecified atom stereocenters. The SMILES string of the molecule is Cn1nccc1N1CCCC(C(=O)O)C1. The van der Waals surface area contributed by atoms with E-state index in [0.29, 0.717) is 6.54 Å². The molecule has 5 heteroatoms. The van der Waals surface area contributed by atoms with E-state index in [1.165, 1.54) is 0 Å². The van der Waals surface area contributed by atoms with Gasteiger partial charge in [-0.05, 0) is 12.8 Å². The van der Waals surface area contributed by atoms with Gasteiger partial charge in [0, 0.05) is 26.2 Å².